The molecule has 5 heteroatoms. The van der Waals surface area contributed by atoms with Gasteiger partial charge in [0.05, 0.1) is 10.7 Å². The van der Waals surface area contributed by atoms with Crippen molar-refractivity contribution in [1.29, 1.82) is 0 Å². The minimum atomic E-state index is 0.685. The average molecular weight is 278 g/mol. The summed E-state index contributed by atoms with van der Waals surface area (Å²) in [6, 6.07) is 7.67. The molecule has 0 atom stereocenters. The Labute approximate surface area is 115 Å². The second kappa shape index (κ2) is 4.78. The van der Waals surface area contributed by atoms with E-state index in [9.17, 15) is 0 Å². The Morgan fingerprint density at radius 2 is 2.06 bits per heavy atom. The van der Waals surface area contributed by atoms with Gasteiger partial charge in [0.25, 0.3) is 0 Å². The highest BCUT2D eigenvalue weighted by atomic mass is 35.5. The van der Waals surface area contributed by atoms with Crippen molar-refractivity contribution in [3.8, 4) is 11.4 Å². The van der Waals surface area contributed by atoms with E-state index in [1.165, 1.54) is 5.56 Å². The van der Waals surface area contributed by atoms with Gasteiger partial charge in [0.1, 0.15) is 5.82 Å². The van der Waals surface area contributed by atoms with Crippen LogP contribution < -0.4 is 5.32 Å². The Balaban J connectivity index is 2.17. The SMILES string of the molecule is CNc1nc(-c2ccccc2Cl)nc2c1CSC2. The molecule has 2 aromatic rings. The second-order valence-electron chi connectivity index (χ2n) is 4.04. The highest BCUT2D eigenvalue weighted by Gasteiger charge is 2.20. The first kappa shape index (κ1) is 11.8. The molecule has 0 bridgehead atoms. The van der Waals surface area contributed by atoms with Gasteiger partial charge in [-0.1, -0.05) is 23.7 Å². The molecule has 1 aliphatic rings. The van der Waals surface area contributed by atoms with Crippen molar-refractivity contribution in [3.63, 3.8) is 0 Å². The lowest BCUT2D eigenvalue weighted by Gasteiger charge is -2.09. The molecule has 0 amide bonds. The number of anilines is 1. The molecule has 0 aliphatic carbocycles. The molecular formula is C13H12ClN3S. The number of nitrogens with one attached hydrogen (secondary N) is 1. The van der Waals surface area contributed by atoms with Gasteiger partial charge < -0.3 is 5.32 Å². The standard InChI is InChI=1S/C13H12ClN3S/c1-15-12-9-6-18-7-11(9)16-13(17-12)8-4-2-3-5-10(8)14/h2-5H,6-7H2,1H3,(H,15,16,17). The van der Waals surface area contributed by atoms with E-state index in [4.69, 9.17) is 11.6 Å². The Morgan fingerprint density at radius 3 is 2.83 bits per heavy atom. The van der Waals surface area contributed by atoms with Crippen LogP contribution >= 0.6 is 23.4 Å². The summed E-state index contributed by atoms with van der Waals surface area (Å²) in [5.74, 6) is 3.55. The molecule has 18 heavy (non-hydrogen) atoms. The number of thioether (sulfide) groups is 1. The zero-order valence-electron chi connectivity index (χ0n) is 9.90. The average Bonchev–Trinajstić information content (AvgIpc) is 2.86. The summed E-state index contributed by atoms with van der Waals surface area (Å²) < 4.78 is 0. The van der Waals surface area contributed by atoms with Gasteiger partial charge in [-0.25, -0.2) is 9.97 Å². The van der Waals surface area contributed by atoms with Crippen molar-refractivity contribution in [3.05, 3.63) is 40.5 Å². The van der Waals surface area contributed by atoms with Crippen molar-refractivity contribution in [2.24, 2.45) is 0 Å². The van der Waals surface area contributed by atoms with Crippen LogP contribution in [0.4, 0.5) is 5.82 Å². The van der Waals surface area contributed by atoms with E-state index >= 15 is 0 Å². The predicted octanol–water partition coefficient (Wildman–Crippen LogP) is 3.59. The first-order valence-corrected chi connectivity index (χ1v) is 7.23. The van der Waals surface area contributed by atoms with Gasteiger partial charge in [-0.2, -0.15) is 11.8 Å². The van der Waals surface area contributed by atoms with Crippen LogP contribution in [0.3, 0.4) is 0 Å². The Hall–Kier alpha value is -1.26. The number of benzene rings is 1. The normalized spacial score (nSPS) is 13.4. The largest absolute Gasteiger partial charge is 0.373 e. The van der Waals surface area contributed by atoms with Crippen LogP contribution in [0.15, 0.2) is 24.3 Å². The smallest absolute Gasteiger partial charge is 0.163 e. The van der Waals surface area contributed by atoms with Gasteiger partial charge in [0.2, 0.25) is 0 Å². The molecule has 92 valence electrons. The van der Waals surface area contributed by atoms with Crippen molar-refractivity contribution in [2.75, 3.05) is 12.4 Å². The third kappa shape index (κ3) is 1.95. The second-order valence-corrected chi connectivity index (χ2v) is 5.44. The first-order valence-electron chi connectivity index (χ1n) is 5.70. The van der Waals surface area contributed by atoms with Crippen LogP contribution in [-0.2, 0) is 11.5 Å². The number of hydrogen-bond donors (Lipinski definition) is 1. The fourth-order valence-corrected chi connectivity index (χ4v) is 3.28. The molecule has 0 saturated heterocycles. The molecule has 0 fully saturated rings. The van der Waals surface area contributed by atoms with E-state index in [2.05, 4.69) is 15.3 Å². The van der Waals surface area contributed by atoms with Crippen molar-refractivity contribution < 1.29 is 0 Å². The Bertz CT molecular complexity index is 601. The van der Waals surface area contributed by atoms with Crippen LogP contribution in [0.2, 0.25) is 5.02 Å². The van der Waals surface area contributed by atoms with E-state index in [-0.39, 0.29) is 0 Å². The van der Waals surface area contributed by atoms with E-state index in [1.807, 2.05) is 43.1 Å². The zero-order chi connectivity index (χ0) is 12.5. The first-order chi connectivity index (χ1) is 8.79. The molecule has 1 N–H and O–H groups in total. The number of aromatic nitrogens is 2. The van der Waals surface area contributed by atoms with Crippen LogP contribution in [0, 0.1) is 0 Å². The summed E-state index contributed by atoms with van der Waals surface area (Å²) in [7, 11) is 1.89. The van der Waals surface area contributed by atoms with Gasteiger partial charge in [-0.3, -0.25) is 0 Å². The number of nitrogens with zero attached hydrogens (tertiary/aromatic N) is 2. The molecule has 3 nitrogen and oxygen atoms in total. The molecule has 1 aromatic heterocycles. The van der Waals surface area contributed by atoms with Crippen molar-refractivity contribution in [1.82, 2.24) is 9.97 Å². The zero-order valence-corrected chi connectivity index (χ0v) is 11.5. The minimum Gasteiger partial charge on any atom is -0.373 e. The van der Waals surface area contributed by atoms with Crippen LogP contribution in [-0.4, -0.2) is 17.0 Å². The molecule has 0 spiro atoms. The van der Waals surface area contributed by atoms with E-state index in [0.29, 0.717) is 10.8 Å². The van der Waals surface area contributed by atoms with Crippen molar-refractivity contribution >= 4 is 29.2 Å². The number of hydrogen-bond acceptors (Lipinski definition) is 4. The summed E-state index contributed by atoms with van der Waals surface area (Å²) in [5.41, 5.74) is 3.22. The Morgan fingerprint density at radius 1 is 1.22 bits per heavy atom. The Kier molecular flexibility index (Phi) is 3.14. The van der Waals surface area contributed by atoms with Crippen LogP contribution in [0.1, 0.15) is 11.3 Å². The lowest BCUT2D eigenvalue weighted by molar-refractivity contribution is 1.07. The molecule has 3 rings (SSSR count). The summed E-state index contributed by atoms with van der Waals surface area (Å²) in [6.45, 7) is 0. The number of rotatable bonds is 2. The highest BCUT2D eigenvalue weighted by Crippen LogP contribution is 2.35. The molecule has 0 unspecified atom stereocenters. The highest BCUT2D eigenvalue weighted by molar-refractivity contribution is 7.98. The van der Waals surface area contributed by atoms with Crippen LogP contribution in [0.25, 0.3) is 11.4 Å². The number of halogens is 1. The van der Waals surface area contributed by atoms with E-state index in [1.54, 1.807) is 0 Å². The predicted molar refractivity (Wildman–Crippen MR) is 77.0 cm³/mol. The fourth-order valence-electron chi connectivity index (χ4n) is 2.02. The maximum atomic E-state index is 6.20. The topological polar surface area (TPSA) is 37.8 Å². The molecule has 2 heterocycles. The van der Waals surface area contributed by atoms with Gasteiger partial charge in [-0.05, 0) is 12.1 Å². The summed E-state index contributed by atoms with van der Waals surface area (Å²) in [6.07, 6.45) is 0. The summed E-state index contributed by atoms with van der Waals surface area (Å²) in [5, 5.41) is 3.83. The van der Waals surface area contributed by atoms with Gasteiger partial charge in [-0.15, -0.1) is 0 Å². The van der Waals surface area contributed by atoms with Crippen LogP contribution in [0.5, 0.6) is 0 Å². The monoisotopic (exact) mass is 277 g/mol. The molecule has 0 saturated carbocycles. The van der Waals surface area contributed by atoms with Gasteiger partial charge in [0.15, 0.2) is 5.82 Å². The fraction of sp³-hybridized carbons (Fsp3) is 0.231. The van der Waals surface area contributed by atoms with E-state index in [0.717, 1.165) is 28.6 Å². The molecule has 1 aromatic carbocycles. The summed E-state index contributed by atoms with van der Waals surface area (Å²) >= 11 is 8.06. The van der Waals surface area contributed by atoms with E-state index < -0.39 is 0 Å². The summed E-state index contributed by atoms with van der Waals surface area (Å²) in [4.78, 5) is 9.21. The minimum absolute atomic E-state index is 0.685. The van der Waals surface area contributed by atoms with Gasteiger partial charge in [0, 0.05) is 29.7 Å². The maximum Gasteiger partial charge on any atom is 0.163 e. The third-order valence-electron chi connectivity index (χ3n) is 2.93. The lowest BCUT2D eigenvalue weighted by Crippen LogP contribution is -2.03. The van der Waals surface area contributed by atoms with Gasteiger partial charge >= 0.3 is 0 Å². The maximum absolute atomic E-state index is 6.20. The van der Waals surface area contributed by atoms with Crippen molar-refractivity contribution in [2.45, 2.75) is 11.5 Å². The molecular weight excluding hydrogens is 266 g/mol. The lowest BCUT2D eigenvalue weighted by atomic mass is 10.2. The number of fused-ring (bicyclic) bond motifs is 1. The molecule has 0 radical (unpaired) electrons. The third-order valence-corrected chi connectivity index (χ3v) is 4.23. The quantitative estimate of drug-likeness (QED) is 0.910. The molecule has 1 aliphatic heterocycles.